The van der Waals surface area contributed by atoms with Gasteiger partial charge in [-0.15, -0.1) is 0 Å². The summed E-state index contributed by atoms with van der Waals surface area (Å²) < 4.78 is 25.6. The van der Waals surface area contributed by atoms with Crippen LogP contribution in [0.5, 0.6) is 0 Å². The summed E-state index contributed by atoms with van der Waals surface area (Å²) in [4.78, 5) is 14.0. The highest BCUT2D eigenvalue weighted by atomic mass is 32.2. The van der Waals surface area contributed by atoms with Crippen LogP contribution in [0, 0.1) is 11.3 Å². The minimum Gasteiger partial charge on any atom is -0.481 e. The number of carboxylic acid groups (broad SMARTS) is 1. The van der Waals surface area contributed by atoms with Crippen molar-refractivity contribution in [1.29, 1.82) is 5.26 Å². The zero-order valence-electron chi connectivity index (χ0n) is 10.3. The Bertz CT molecular complexity index is 607. The quantitative estimate of drug-likeness (QED) is 0.810. The zero-order valence-corrected chi connectivity index (χ0v) is 11.1. The summed E-state index contributed by atoms with van der Waals surface area (Å²) in [6, 6.07) is 4.41. The Morgan fingerprint density at radius 2 is 2.26 bits per heavy atom. The van der Waals surface area contributed by atoms with E-state index < -0.39 is 16.0 Å². The van der Waals surface area contributed by atoms with E-state index in [1.54, 1.807) is 13.0 Å². The van der Waals surface area contributed by atoms with Crippen molar-refractivity contribution in [3.63, 3.8) is 0 Å². The first kappa shape index (κ1) is 15.1. The van der Waals surface area contributed by atoms with E-state index in [0.717, 1.165) is 4.31 Å². The fraction of sp³-hybridized carbons (Fsp3) is 0.364. The van der Waals surface area contributed by atoms with Gasteiger partial charge in [-0.25, -0.2) is 13.4 Å². The number of aliphatic carboxylic acids is 1. The molecule has 0 aromatic carbocycles. The molecule has 102 valence electrons. The third-order valence-corrected chi connectivity index (χ3v) is 4.43. The monoisotopic (exact) mass is 283 g/mol. The Morgan fingerprint density at radius 1 is 1.58 bits per heavy atom. The van der Waals surface area contributed by atoms with Crippen LogP contribution in [0.1, 0.15) is 19.0 Å². The van der Waals surface area contributed by atoms with Gasteiger partial charge in [-0.05, 0) is 12.1 Å². The summed E-state index contributed by atoms with van der Waals surface area (Å²) in [5.41, 5.74) is -0.198. The first-order valence-electron chi connectivity index (χ1n) is 5.50. The van der Waals surface area contributed by atoms with Crippen LogP contribution >= 0.6 is 0 Å². The number of aromatic nitrogens is 1. The van der Waals surface area contributed by atoms with Crippen LogP contribution in [0.15, 0.2) is 23.2 Å². The number of sulfonamides is 1. The summed E-state index contributed by atoms with van der Waals surface area (Å²) in [5, 5.41) is 17.5. The third kappa shape index (κ3) is 3.49. The Balaban J connectivity index is 3.14. The second-order valence-corrected chi connectivity index (χ2v) is 5.51. The average molecular weight is 283 g/mol. The van der Waals surface area contributed by atoms with Crippen LogP contribution < -0.4 is 0 Å². The van der Waals surface area contributed by atoms with Crippen molar-refractivity contribution in [1.82, 2.24) is 9.29 Å². The number of carbonyl (C=O) groups is 1. The molecule has 0 aliphatic rings. The summed E-state index contributed by atoms with van der Waals surface area (Å²) in [6.45, 7) is 1.57. The number of nitriles is 1. The maximum absolute atomic E-state index is 12.3. The zero-order chi connectivity index (χ0) is 14.5. The summed E-state index contributed by atoms with van der Waals surface area (Å²) in [6.07, 6.45) is 1.03. The van der Waals surface area contributed by atoms with Gasteiger partial charge in [-0.2, -0.15) is 9.57 Å². The second kappa shape index (κ2) is 6.26. The lowest BCUT2D eigenvalue weighted by molar-refractivity contribution is -0.137. The van der Waals surface area contributed by atoms with Gasteiger partial charge < -0.3 is 5.11 Å². The Hall–Kier alpha value is -1.98. The van der Waals surface area contributed by atoms with E-state index in [-0.39, 0.29) is 30.1 Å². The smallest absolute Gasteiger partial charge is 0.304 e. The van der Waals surface area contributed by atoms with Gasteiger partial charge in [-0.3, -0.25) is 4.79 Å². The lowest BCUT2D eigenvalue weighted by Gasteiger charge is -2.19. The van der Waals surface area contributed by atoms with Gasteiger partial charge in [0.05, 0.1) is 6.42 Å². The van der Waals surface area contributed by atoms with Crippen molar-refractivity contribution >= 4 is 16.0 Å². The molecule has 8 heteroatoms. The van der Waals surface area contributed by atoms with E-state index in [1.165, 1.54) is 18.3 Å². The predicted molar refractivity (Wildman–Crippen MR) is 65.6 cm³/mol. The predicted octanol–water partition coefficient (Wildman–Crippen LogP) is 0.439. The molecule has 1 aromatic rings. The van der Waals surface area contributed by atoms with Crippen molar-refractivity contribution in [3.8, 4) is 6.07 Å². The van der Waals surface area contributed by atoms with Gasteiger partial charge >= 0.3 is 5.97 Å². The minimum absolute atomic E-state index is 0.120. The van der Waals surface area contributed by atoms with Crippen molar-refractivity contribution in [2.45, 2.75) is 18.2 Å². The van der Waals surface area contributed by atoms with Crippen molar-refractivity contribution in [2.24, 2.45) is 0 Å². The summed E-state index contributed by atoms with van der Waals surface area (Å²) in [7, 11) is -3.90. The molecule has 0 atom stereocenters. The molecule has 0 unspecified atom stereocenters. The largest absolute Gasteiger partial charge is 0.481 e. The van der Waals surface area contributed by atoms with Crippen LogP contribution in [0.3, 0.4) is 0 Å². The molecule has 0 amide bonds. The van der Waals surface area contributed by atoms with E-state index in [2.05, 4.69) is 4.98 Å². The molecule has 0 radical (unpaired) electrons. The van der Waals surface area contributed by atoms with Gasteiger partial charge in [0.1, 0.15) is 11.0 Å². The standard InChI is InChI=1S/C11H13N3O4S/c1-2-14(7-5-11(15)16)19(17,18)10-4-3-6-13-9(10)8-12/h3-4,6H,2,5,7H2,1H3,(H,15,16). The second-order valence-electron chi connectivity index (χ2n) is 3.60. The molecule has 1 rings (SSSR count). The lowest BCUT2D eigenvalue weighted by atomic mass is 10.4. The maximum Gasteiger partial charge on any atom is 0.304 e. The SMILES string of the molecule is CCN(CCC(=O)O)S(=O)(=O)c1cccnc1C#N. The topological polar surface area (TPSA) is 111 Å². The van der Waals surface area contributed by atoms with E-state index in [4.69, 9.17) is 10.4 Å². The summed E-state index contributed by atoms with van der Waals surface area (Å²) >= 11 is 0. The fourth-order valence-electron chi connectivity index (χ4n) is 1.49. The Morgan fingerprint density at radius 3 is 2.79 bits per heavy atom. The minimum atomic E-state index is -3.90. The first-order valence-corrected chi connectivity index (χ1v) is 6.94. The fourth-order valence-corrected chi connectivity index (χ4v) is 3.03. The number of hydrogen-bond acceptors (Lipinski definition) is 5. The van der Waals surface area contributed by atoms with Crippen LogP contribution in [0.2, 0.25) is 0 Å². The third-order valence-electron chi connectivity index (χ3n) is 2.42. The summed E-state index contributed by atoms with van der Waals surface area (Å²) in [5.74, 6) is -1.08. The number of nitrogens with zero attached hydrogens (tertiary/aromatic N) is 3. The first-order chi connectivity index (χ1) is 8.93. The van der Waals surface area contributed by atoms with Gasteiger partial charge in [0, 0.05) is 19.3 Å². The lowest BCUT2D eigenvalue weighted by Crippen LogP contribution is -2.33. The molecule has 0 spiro atoms. The maximum atomic E-state index is 12.3. The Labute approximate surface area is 111 Å². The highest BCUT2D eigenvalue weighted by molar-refractivity contribution is 7.89. The van der Waals surface area contributed by atoms with Gasteiger partial charge in [0.15, 0.2) is 5.69 Å². The molecule has 0 aliphatic carbocycles. The van der Waals surface area contributed by atoms with Crippen LogP contribution in [-0.2, 0) is 14.8 Å². The molecule has 0 bridgehead atoms. The number of hydrogen-bond donors (Lipinski definition) is 1. The molecule has 0 fully saturated rings. The van der Waals surface area contributed by atoms with Gasteiger partial charge in [-0.1, -0.05) is 6.92 Å². The van der Waals surface area contributed by atoms with Gasteiger partial charge in [0.2, 0.25) is 10.0 Å². The number of rotatable bonds is 6. The number of pyridine rings is 1. The van der Waals surface area contributed by atoms with Crippen LogP contribution in [0.4, 0.5) is 0 Å². The molecule has 0 saturated carbocycles. The number of carboxylic acids is 1. The molecule has 1 N–H and O–H groups in total. The molecule has 1 heterocycles. The van der Waals surface area contributed by atoms with Crippen molar-refractivity contribution in [3.05, 3.63) is 24.0 Å². The van der Waals surface area contributed by atoms with E-state index in [9.17, 15) is 13.2 Å². The Kier molecular flexibility index (Phi) is 4.97. The van der Waals surface area contributed by atoms with Gasteiger partial charge in [0.25, 0.3) is 0 Å². The van der Waals surface area contributed by atoms with Crippen LogP contribution in [0.25, 0.3) is 0 Å². The van der Waals surface area contributed by atoms with Crippen molar-refractivity contribution in [2.75, 3.05) is 13.1 Å². The van der Waals surface area contributed by atoms with E-state index in [1.807, 2.05) is 0 Å². The van der Waals surface area contributed by atoms with E-state index >= 15 is 0 Å². The average Bonchev–Trinajstić information content (AvgIpc) is 2.38. The molecule has 0 aliphatic heterocycles. The molecular formula is C11H13N3O4S. The molecule has 7 nitrogen and oxygen atoms in total. The van der Waals surface area contributed by atoms with Crippen LogP contribution in [-0.4, -0.2) is 41.9 Å². The highest BCUT2D eigenvalue weighted by Crippen LogP contribution is 2.18. The molecule has 19 heavy (non-hydrogen) atoms. The normalized spacial score (nSPS) is 11.2. The molecule has 1 aromatic heterocycles. The van der Waals surface area contributed by atoms with Crippen molar-refractivity contribution < 1.29 is 18.3 Å². The highest BCUT2D eigenvalue weighted by Gasteiger charge is 2.26. The molecule has 0 saturated heterocycles. The molecular weight excluding hydrogens is 270 g/mol. The van der Waals surface area contributed by atoms with E-state index in [0.29, 0.717) is 0 Å².